The minimum atomic E-state index is -0.0411. The van der Waals surface area contributed by atoms with Crippen LogP contribution >= 0.6 is 0 Å². The molecule has 2 aliphatic carbocycles. The zero-order chi connectivity index (χ0) is 27.6. The average Bonchev–Trinajstić information content (AvgIpc) is 3.50. The van der Waals surface area contributed by atoms with Crippen LogP contribution in [0.2, 0.25) is 0 Å². The number of aromatic amines is 1. The maximum absolute atomic E-state index is 3.69. The SMILES string of the molecule is CC1(C)c2ccccc2-c2ccc(N(c3ccccc3)c3ccc4[nH]c5ccc(C6CCCCC6)cc5c4c3)cc21. The Morgan fingerprint density at radius 2 is 1.24 bits per heavy atom. The van der Waals surface area contributed by atoms with Crippen molar-refractivity contribution in [2.75, 3.05) is 4.90 Å². The van der Waals surface area contributed by atoms with Crippen LogP contribution < -0.4 is 4.90 Å². The third kappa shape index (κ3) is 3.92. The van der Waals surface area contributed by atoms with Crippen LogP contribution in [0.25, 0.3) is 32.9 Å². The van der Waals surface area contributed by atoms with Gasteiger partial charge in [-0.15, -0.1) is 0 Å². The van der Waals surface area contributed by atoms with Gasteiger partial charge >= 0.3 is 0 Å². The molecule has 5 aromatic carbocycles. The highest BCUT2D eigenvalue weighted by Crippen LogP contribution is 2.50. The molecule has 0 amide bonds. The fraction of sp³-hybridized carbons (Fsp3) is 0.231. The molecule has 6 aromatic rings. The maximum Gasteiger partial charge on any atom is 0.0469 e. The number of aromatic nitrogens is 1. The third-order valence-electron chi connectivity index (χ3n) is 9.78. The molecule has 2 nitrogen and oxygen atoms in total. The minimum absolute atomic E-state index is 0.0411. The Bertz CT molecular complexity index is 1900. The number of H-pyrrole nitrogens is 1. The van der Waals surface area contributed by atoms with Gasteiger partial charge in [-0.2, -0.15) is 0 Å². The molecule has 0 unspecified atom stereocenters. The van der Waals surface area contributed by atoms with Gasteiger partial charge in [0.1, 0.15) is 0 Å². The lowest BCUT2D eigenvalue weighted by atomic mass is 9.82. The van der Waals surface area contributed by atoms with E-state index in [1.807, 2.05) is 0 Å². The smallest absolute Gasteiger partial charge is 0.0469 e. The Balaban J connectivity index is 1.28. The van der Waals surface area contributed by atoms with Crippen LogP contribution in [0.3, 0.4) is 0 Å². The monoisotopic (exact) mass is 532 g/mol. The van der Waals surface area contributed by atoms with Gasteiger partial charge in [-0.1, -0.05) is 87.7 Å². The van der Waals surface area contributed by atoms with Crippen molar-refractivity contribution < 1.29 is 0 Å². The molecule has 1 N–H and O–H groups in total. The average molecular weight is 533 g/mol. The van der Waals surface area contributed by atoms with Gasteiger partial charge in [0.15, 0.2) is 0 Å². The zero-order valence-corrected chi connectivity index (χ0v) is 24.0. The minimum Gasteiger partial charge on any atom is -0.355 e. The van der Waals surface area contributed by atoms with E-state index >= 15 is 0 Å². The van der Waals surface area contributed by atoms with E-state index < -0.39 is 0 Å². The molecule has 1 saturated carbocycles. The number of nitrogens with one attached hydrogen (secondary N) is 1. The number of benzene rings is 5. The number of para-hydroxylation sites is 1. The number of rotatable bonds is 4. The van der Waals surface area contributed by atoms with E-state index in [2.05, 4.69) is 133 Å². The summed E-state index contributed by atoms with van der Waals surface area (Å²) in [5.74, 6) is 0.695. The Hall–Kier alpha value is -4.30. The molecule has 2 heteroatoms. The van der Waals surface area contributed by atoms with Crippen molar-refractivity contribution in [2.24, 2.45) is 0 Å². The van der Waals surface area contributed by atoms with E-state index in [9.17, 15) is 0 Å². The van der Waals surface area contributed by atoms with Crippen LogP contribution in [0, 0.1) is 0 Å². The zero-order valence-electron chi connectivity index (χ0n) is 24.0. The molecule has 0 saturated heterocycles. The van der Waals surface area contributed by atoms with Crippen molar-refractivity contribution >= 4 is 38.9 Å². The lowest BCUT2D eigenvalue weighted by molar-refractivity contribution is 0.444. The second-order valence-corrected chi connectivity index (χ2v) is 12.6. The first-order valence-corrected chi connectivity index (χ1v) is 15.2. The standard InChI is InChI=1S/C39H36N2/c1-39(2)35-16-10-9-15-31(35)32-20-18-30(25-36(32)39)41(28-13-7-4-8-14-28)29-19-22-38-34(24-29)33-23-27(17-21-37(33)40-38)26-11-5-3-6-12-26/h4,7-10,13-26,40H,3,5-6,11-12H2,1-2H3. The number of hydrogen-bond acceptors (Lipinski definition) is 1. The summed E-state index contributed by atoms with van der Waals surface area (Å²) in [5, 5.41) is 2.63. The fourth-order valence-corrected chi connectivity index (χ4v) is 7.59. The highest BCUT2D eigenvalue weighted by Gasteiger charge is 2.35. The van der Waals surface area contributed by atoms with Crippen LogP contribution in [0.4, 0.5) is 17.1 Å². The van der Waals surface area contributed by atoms with Gasteiger partial charge in [0.25, 0.3) is 0 Å². The Labute approximate surface area is 242 Å². The first-order chi connectivity index (χ1) is 20.1. The first-order valence-electron chi connectivity index (χ1n) is 15.2. The summed E-state index contributed by atoms with van der Waals surface area (Å²) in [6.45, 7) is 4.71. The van der Waals surface area contributed by atoms with Crippen LogP contribution in [0.1, 0.15) is 68.6 Å². The van der Waals surface area contributed by atoms with E-state index in [4.69, 9.17) is 0 Å². The molecule has 41 heavy (non-hydrogen) atoms. The maximum atomic E-state index is 3.69. The molecule has 0 radical (unpaired) electrons. The molecule has 1 heterocycles. The number of fused-ring (bicyclic) bond motifs is 6. The molecular weight excluding hydrogens is 496 g/mol. The first kappa shape index (κ1) is 24.5. The van der Waals surface area contributed by atoms with Crippen LogP contribution in [0.15, 0.2) is 109 Å². The van der Waals surface area contributed by atoms with Gasteiger partial charge in [-0.25, -0.2) is 0 Å². The van der Waals surface area contributed by atoms with Crippen molar-refractivity contribution in [3.05, 3.63) is 126 Å². The molecule has 202 valence electrons. The molecule has 2 aliphatic rings. The highest BCUT2D eigenvalue weighted by atomic mass is 15.1. The summed E-state index contributed by atoms with van der Waals surface area (Å²) in [5.41, 5.74) is 12.9. The van der Waals surface area contributed by atoms with Gasteiger partial charge < -0.3 is 9.88 Å². The quantitative estimate of drug-likeness (QED) is 0.239. The van der Waals surface area contributed by atoms with Crippen molar-refractivity contribution in [2.45, 2.75) is 57.3 Å². The second-order valence-electron chi connectivity index (χ2n) is 12.6. The third-order valence-corrected chi connectivity index (χ3v) is 9.78. The number of nitrogens with zero attached hydrogens (tertiary/aromatic N) is 1. The molecular formula is C39H36N2. The largest absolute Gasteiger partial charge is 0.355 e. The van der Waals surface area contributed by atoms with Crippen LogP contribution in [-0.2, 0) is 5.41 Å². The highest BCUT2D eigenvalue weighted by molar-refractivity contribution is 6.09. The summed E-state index contributed by atoms with van der Waals surface area (Å²) in [6.07, 6.45) is 6.74. The lowest BCUT2D eigenvalue weighted by Crippen LogP contribution is -2.16. The van der Waals surface area contributed by atoms with Crippen LogP contribution in [-0.4, -0.2) is 4.98 Å². The topological polar surface area (TPSA) is 19.0 Å². The molecule has 1 fully saturated rings. The molecule has 1 aromatic heterocycles. The van der Waals surface area contributed by atoms with E-state index in [0.29, 0.717) is 5.92 Å². The molecule has 0 aliphatic heterocycles. The van der Waals surface area contributed by atoms with Gasteiger partial charge in [-0.05, 0) is 101 Å². The number of anilines is 3. The number of hydrogen-bond donors (Lipinski definition) is 1. The van der Waals surface area contributed by atoms with E-state index in [0.717, 1.165) is 0 Å². The summed E-state index contributed by atoms with van der Waals surface area (Å²) in [6, 6.07) is 40.8. The van der Waals surface area contributed by atoms with Crippen molar-refractivity contribution in [1.82, 2.24) is 4.98 Å². The van der Waals surface area contributed by atoms with Gasteiger partial charge in [0, 0.05) is 44.3 Å². The Kier molecular flexibility index (Phi) is 5.60. The molecule has 0 atom stereocenters. The van der Waals surface area contributed by atoms with Gasteiger partial charge in [-0.3, -0.25) is 0 Å². The summed E-state index contributed by atoms with van der Waals surface area (Å²) in [4.78, 5) is 6.11. The van der Waals surface area contributed by atoms with E-state index in [1.165, 1.54) is 98.8 Å². The predicted octanol–water partition coefficient (Wildman–Crippen LogP) is 11.1. The van der Waals surface area contributed by atoms with Crippen LogP contribution in [0.5, 0.6) is 0 Å². The molecule has 0 bridgehead atoms. The Morgan fingerprint density at radius 1 is 0.585 bits per heavy atom. The van der Waals surface area contributed by atoms with Crippen molar-refractivity contribution in [3.63, 3.8) is 0 Å². The van der Waals surface area contributed by atoms with Gasteiger partial charge in [0.2, 0.25) is 0 Å². The van der Waals surface area contributed by atoms with E-state index in [1.54, 1.807) is 0 Å². The lowest BCUT2D eigenvalue weighted by Gasteiger charge is -2.28. The summed E-state index contributed by atoms with van der Waals surface area (Å²) < 4.78 is 0. The van der Waals surface area contributed by atoms with Crippen molar-refractivity contribution in [3.8, 4) is 11.1 Å². The van der Waals surface area contributed by atoms with Gasteiger partial charge in [0.05, 0.1) is 0 Å². The summed E-state index contributed by atoms with van der Waals surface area (Å²) in [7, 11) is 0. The summed E-state index contributed by atoms with van der Waals surface area (Å²) >= 11 is 0. The normalized spacial score (nSPS) is 16.1. The predicted molar refractivity (Wildman–Crippen MR) is 174 cm³/mol. The Morgan fingerprint density at radius 3 is 2.07 bits per heavy atom. The fourth-order valence-electron chi connectivity index (χ4n) is 7.59. The molecule has 8 rings (SSSR count). The second kappa shape index (κ2) is 9.38. The van der Waals surface area contributed by atoms with E-state index in [-0.39, 0.29) is 5.41 Å². The molecule has 0 spiro atoms. The van der Waals surface area contributed by atoms with Crippen molar-refractivity contribution in [1.29, 1.82) is 0 Å².